The molecule has 0 amide bonds. The van der Waals surface area contributed by atoms with Crippen molar-refractivity contribution in [2.24, 2.45) is 16.7 Å². The molecule has 2 aliphatic rings. The second kappa shape index (κ2) is 13.3. The van der Waals surface area contributed by atoms with Gasteiger partial charge in [0.25, 0.3) is 0 Å². The van der Waals surface area contributed by atoms with Crippen molar-refractivity contribution in [2.75, 3.05) is 0 Å². The lowest BCUT2D eigenvalue weighted by molar-refractivity contribution is 0.0206. The van der Waals surface area contributed by atoms with E-state index >= 15 is 0 Å². The first-order chi connectivity index (χ1) is 13.6. The molecule has 0 heteroatoms. The average molecular weight is 391 g/mol. The minimum Gasteiger partial charge on any atom is -0.0625 e. The van der Waals surface area contributed by atoms with Crippen molar-refractivity contribution in [3.63, 3.8) is 0 Å². The predicted molar refractivity (Wildman–Crippen MR) is 127 cm³/mol. The summed E-state index contributed by atoms with van der Waals surface area (Å²) in [7, 11) is 0. The van der Waals surface area contributed by atoms with Crippen LogP contribution in [-0.2, 0) is 0 Å². The van der Waals surface area contributed by atoms with Crippen LogP contribution in [0.2, 0.25) is 0 Å². The third-order valence-electron chi connectivity index (χ3n) is 9.02. The third kappa shape index (κ3) is 8.39. The fraction of sp³-hybridized carbons (Fsp3) is 1.00. The van der Waals surface area contributed by atoms with Gasteiger partial charge in [0.1, 0.15) is 0 Å². The Hall–Kier alpha value is 0. The number of hydrogen-bond acceptors (Lipinski definition) is 0. The summed E-state index contributed by atoms with van der Waals surface area (Å²) in [6.07, 6.45) is 32.8. The van der Waals surface area contributed by atoms with Gasteiger partial charge >= 0.3 is 0 Å². The molecule has 2 atom stereocenters. The van der Waals surface area contributed by atoms with Gasteiger partial charge in [-0.25, -0.2) is 0 Å². The minimum atomic E-state index is 0.580. The van der Waals surface area contributed by atoms with Crippen LogP contribution in [0, 0.1) is 16.7 Å². The molecule has 166 valence electrons. The highest BCUT2D eigenvalue weighted by Gasteiger charge is 2.42. The Labute approximate surface area is 179 Å². The quantitative estimate of drug-likeness (QED) is 0.417. The maximum absolute atomic E-state index is 2.72. The Bertz CT molecular complexity index is 371. The van der Waals surface area contributed by atoms with Gasteiger partial charge in [-0.1, -0.05) is 136 Å². The maximum atomic E-state index is 2.72. The molecule has 0 aromatic heterocycles. The molecule has 0 nitrogen and oxygen atoms in total. The molecule has 2 unspecified atom stereocenters. The zero-order valence-electron chi connectivity index (χ0n) is 20.1. The lowest BCUT2D eigenvalue weighted by Gasteiger charge is -2.48. The van der Waals surface area contributed by atoms with Gasteiger partial charge in [0, 0.05) is 0 Å². The molecule has 0 N–H and O–H groups in total. The number of hydrogen-bond donors (Lipinski definition) is 0. The first-order valence-electron chi connectivity index (χ1n) is 13.6. The molecule has 0 aromatic rings. The van der Waals surface area contributed by atoms with E-state index < -0.39 is 0 Å². The average Bonchev–Trinajstić information content (AvgIpc) is 2.68. The van der Waals surface area contributed by atoms with Gasteiger partial charge < -0.3 is 0 Å². The molecule has 0 aliphatic heterocycles. The Morgan fingerprint density at radius 1 is 0.393 bits per heavy atom. The summed E-state index contributed by atoms with van der Waals surface area (Å²) in [6.45, 7) is 7.94. The highest BCUT2D eigenvalue weighted by atomic mass is 14.5. The summed E-state index contributed by atoms with van der Waals surface area (Å²) in [4.78, 5) is 0. The molecule has 0 radical (unpaired) electrons. The van der Waals surface area contributed by atoms with Crippen LogP contribution < -0.4 is 0 Å². The fourth-order valence-electron chi connectivity index (χ4n) is 6.42. The standard InChI is InChI=1S/C28H54/c1-26-20-14-9-12-18-24-28(3,25-19-13-15-21-26)27(2)22-16-10-7-5-4-6-8-11-17-23-27/h26H,4-25H2,1-3H3. The normalized spacial score (nSPS) is 33.3. The molecular weight excluding hydrogens is 336 g/mol. The zero-order valence-corrected chi connectivity index (χ0v) is 20.1. The Morgan fingerprint density at radius 3 is 1.00 bits per heavy atom. The molecule has 0 saturated heterocycles. The van der Waals surface area contributed by atoms with Gasteiger partial charge in [-0.15, -0.1) is 0 Å². The smallest absolute Gasteiger partial charge is 0.0272 e. The fourth-order valence-corrected chi connectivity index (χ4v) is 6.42. The lowest BCUT2D eigenvalue weighted by atomic mass is 9.57. The molecule has 0 heterocycles. The SMILES string of the molecule is CC1CCCCCCC(C)(C2(C)CCCCCCCCCCC2)CCCCC1. The monoisotopic (exact) mass is 390 g/mol. The van der Waals surface area contributed by atoms with E-state index in [1.54, 1.807) is 0 Å². The van der Waals surface area contributed by atoms with Gasteiger partial charge in [0.15, 0.2) is 0 Å². The summed E-state index contributed by atoms with van der Waals surface area (Å²) in [5.74, 6) is 0.968. The molecule has 2 aliphatic carbocycles. The Morgan fingerprint density at radius 2 is 0.643 bits per heavy atom. The van der Waals surface area contributed by atoms with Gasteiger partial charge in [0.2, 0.25) is 0 Å². The van der Waals surface area contributed by atoms with Crippen molar-refractivity contribution < 1.29 is 0 Å². The zero-order chi connectivity index (χ0) is 20.1. The Kier molecular flexibility index (Phi) is 11.6. The van der Waals surface area contributed by atoms with E-state index in [4.69, 9.17) is 0 Å². The molecule has 2 fully saturated rings. The van der Waals surface area contributed by atoms with E-state index in [1.165, 1.54) is 141 Å². The topological polar surface area (TPSA) is 0 Å². The number of rotatable bonds is 1. The van der Waals surface area contributed by atoms with Crippen LogP contribution in [0.25, 0.3) is 0 Å². The van der Waals surface area contributed by atoms with Crippen molar-refractivity contribution >= 4 is 0 Å². The second-order valence-corrected chi connectivity index (χ2v) is 11.5. The van der Waals surface area contributed by atoms with E-state index in [9.17, 15) is 0 Å². The van der Waals surface area contributed by atoms with Gasteiger partial charge in [0.05, 0.1) is 0 Å². The van der Waals surface area contributed by atoms with Gasteiger partial charge in [-0.3, -0.25) is 0 Å². The van der Waals surface area contributed by atoms with Crippen molar-refractivity contribution in [2.45, 2.75) is 162 Å². The summed E-state index contributed by atoms with van der Waals surface area (Å²) in [5.41, 5.74) is 1.16. The highest BCUT2D eigenvalue weighted by Crippen LogP contribution is 2.53. The minimum absolute atomic E-state index is 0.580. The first-order valence-corrected chi connectivity index (χ1v) is 13.6. The summed E-state index contributed by atoms with van der Waals surface area (Å²) in [6, 6.07) is 0. The summed E-state index contributed by atoms with van der Waals surface area (Å²) in [5, 5.41) is 0. The van der Waals surface area contributed by atoms with E-state index in [1.807, 2.05) is 0 Å². The van der Waals surface area contributed by atoms with E-state index in [0.717, 1.165) is 5.92 Å². The van der Waals surface area contributed by atoms with Crippen LogP contribution >= 0.6 is 0 Å². The second-order valence-electron chi connectivity index (χ2n) is 11.5. The van der Waals surface area contributed by atoms with Crippen molar-refractivity contribution in [1.82, 2.24) is 0 Å². The molecule has 0 bridgehead atoms. The highest BCUT2D eigenvalue weighted by molar-refractivity contribution is 4.92. The summed E-state index contributed by atoms with van der Waals surface area (Å²) < 4.78 is 0. The van der Waals surface area contributed by atoms with Crippen molar-refractivity contribution in [3.05, 3.63) is 0 Å². The van der Waals surface area contributed by atoms with Crippen LogP contribution in [0.4, 0.5) is 0 Å². The lowest BCUT2D eigenvalue weighted by Crippen LogP contribution is -2.38. The Balaban J connectivity index is 2.03. The van der Waals surface area contributed by atoms with Crippen LogP contribution in [0.5, 0.6) is 0 Å². The van der Waals surface area contributed by atoms with Crippen LogP contribution in [0.1, 0.15) is 162 Å². The van der Waals surface area contributed by atoms with E-state index in [-0.39, 0.29) is 0 Å². The van der Waals surface area contributed by atoms with Crippen LogP contribution in [-0.4, -0.2) is 0 Å². The van der Waals surface area contributed by atoms with Gasteiger partial charge in [-0.2, -0.15) is 0 Å². The molecule has 2 saturated carbocycles. The molecule has 28 heavy (non-hydrogen) atoms. The van der Waals surface area contributed by atoms with Crippen molar-refractivity contribution in [3.8, 4) is 0 Å². The van der Waals surface area contributed by atoms with Crippen LogP contribution in [0.3, 0.4) is 0 Å². The molecule has 2 rings (SSSR count). The van der Waals surface area contributed by atoms with Crippen LogP contribution in [0.15, 0.2) is 0 Å². The van der Waals surface area contributed by atoms with E-state index in [0.29, 0.717) is 10.8 Å². The maximum Gasteiger partial charge on any atom is -0.0272 e. The predicted octanol–water partition coefficient (Wildman–Crippen LogP) is 10.2. The molecule has 0 aromatic carbocycles. The first kappa shape index (κ1) is 24.3. The molecular formula is C28H54. The largest absolute Gasteiger partial charge is 0.0625 e. The van der Waals surface area contributed by atoms with E-state index in [2.05, 4.69) is 20.8 Å². The van der Waals surface area contributed by atoms with Gasteiger partial charge in [-0.05, 0) is 42.4 Å². The van der Waals surface area contributed by atoms with Crippen molar-refractivity contribution in [1.29, 1.82) is 0 Å². The third-order valence-corrected chi connectivity index (χ3v) is 9.02. The molecule has 0 spiro atoms. The summed E-state index contributed by atoms with van der Waals surface area (Å²) >= 11 is 0.